The number of nitrogen functional groups attached to an aromatic ring is 1. The number of nitrogens with two attached hydrogens (primary N) is 1. The van der Waals surface area contributed by atoms with E-state index in [9.17, 15) is 8.42 Å². The van der Waals surface area contributed by atoms with E-state index in [-0.39, 0.29) is 5.41 Å². The number of hydrazine groups is 1. The summed E-state index contributed by atoms with van der Waals surface area (Å²) in [6.45, 7) is 9.87. The summed E-state index contributed by atoms with van der Waals surface area (Å²) in [4.78, 5) is 0.329. The number of hydrogen-bond donors (Lipinski definition) is 3. The summed E-state index contributed by atoms with van der Waals surface area (Å²) < 4.78 is 27.4. The van der Waals surface area contributed by atoms with Crippen molar-refractivity contribution in [3.05, 3.63) is 23.3 Å². The molecule has 19 heavy (non-hydrogen) atoms. The molecule has 0 radical (unpaired) electrons. The average molecular weight is 285 g/mol. The van der Waals surface area contributed by atoms with Gasteiger partial charge in [-0.25, -0.2) is 13.1 Å². The zero-order chi connectivity index (χ0) is 14.8. The smallest absolute Gasteiger partial charge is 0.241 e. The van der Waals surface area contributed by atoms with Crippen molar-refractivity contribution >= 4 is 15.7 Å². The lowest BCUT2D eigenvalue weighted by Crippen LogP contribution is -2.33. The first kappa shape index (κ1) is 15.9. The maximum Gasteiger partial charge on any atom is 0.241 e. The molecule has 0 bridgehead atoms. The Morgan fingerprint density at radius 3 is 2.00 bits per heavy atom. The molecule has 1 aromatic carbocycles. The quantitative estimate of drug-likeness (QED) is 0.583. The summed E-state index contributed by atoms with van der Waals surface area (Å²) in [5.41, 5.74) is 4.47. The Morgan fingerprint density at radius 2 is 1.63 bits per heavy atom. The minimum atomic E-state index is -3.50. The fourth-order valence-corrected chi connectivity index (χ4v) is 3.57. The van der Waals surface area contributed by atoms with Gasteiger partial charge in [0.15, 0.2) is 0 Å². The summed E-state index contributed by atoms with van der Waals surface area (Å²) in [5.74, 6) is 5.35. The van der Waals surface area contributed by atoms with Gasteiger partial charge in [-0.1, -0.05) is 20.8 Å². The van der Waals surface area contributed by atoms with Crippen LogP contribution in [0.5, 0.6) is 0 Å². The highest BCUT2D eigenvalue weighted by molar-refractivity contribution is 7.89. The van der Waals surface area contributed by atoms with Crippen LogP contribution in [0.15, 0.2) is 17.0 Å². The molecule has 0 amide bonds. The lowest BCUT2D eigenvalue weighted by atomic mass is 9.98. The molecule has 0 spiro atoms. The topological polar surface area (TPSA) is 84.2 Å². The molecule has 0 unspecified atom stereocenters. The number of benzene rings is 1. The van der Waals surface area contributed by atoms with Crippen LogP contribution >= 0.6 is 0 Å². The van der Waals surface area contributed by atoms with Gasteiger partial charge < -0.3 is 5.43 Å². The molecule has 4 N–H and O–H groups in total. The highest BCUT2D eigenvalue weighted by Gasteiger charge is 2.22. The van der Waals surface area contributed by atoms with Crippen molar-refractivity contribution in [2.24, 2.45) is 11.3 Å². The zero-order valence-electron chi connectivity index (χ0n) is 12.2. The van der Waals surface area contributed by atoms with Crippen LogP contribution in [0.25, 0.3) is 0 Å². The molecular weight excluding hydrogens is 262 g/mol. The molecule has 0 saturated carbocycles. The third-order valence-corrected chi connectivity index (χ3v) is 4.39. The molecule has 6 heteroatoms. The molecule has 0 aliphatic heterocycles. The molecule has 1 aromatic rings. The molecule has 0 aromatic heterocycles. The lowest BCUT2D eigenvalue weighted by molar-refractivity contribution is 0.407. The summed E-state index contributed by atoms with van der Waals surface area (Å²) in [6.07, 6.45) is 0. The van der Waals surface area contributed by atoms with Crippen LogP contribution in [0.3, 0.4) is 0 Å². The van der Waals surface area contributed by atoms with Crippen LogP contribution < -0.4 is 16.0 Å². The van der Waals surface area contributed by atoms with Gasteiger partial charge >= 0.3 is 0 Å². The number of rotatable bonds is 4. The van der Waals surface area contributed by atoms with E-state index in [1.54, 1.807) is 26.0 Å². The average Bonchev–Trinajstić information content (AvgIpc) is 2.24. The number of anilines is 1. The van der Waals surface area contributed by atoms with E-state index in [0.29, 0.717) is 28.3 Å². The Kier molecular flexibility index (Phi) is 4.60. The third kappa shape index (κ3) is 4.19. The fourth-order valence-electron chi connectivity index (χ4n) is 1.84. The van der Waals surface area contributed by atoms with Gasteiger partial charge in [-0.3, -0.25) is 5.84 Å². The Balaban J connectivity index is 3.15. The zero-order valence-corrected chi connectivity index (χ0v) is 13.0. The van der Waals surface area contributed by atoms with Gasteiger partial charge in [0, 0.05) is 12.2 Å². The van der Waals surface area contributed by atoms with Crippen LogP contribution in [0.4, 0.5) is 5.69 Å². The molecule has 1 rings (SSSR count). The van der Waals surface area contributed by atoms with Crippen molar-refractivity contribution in [1.29, 1.82) is 0 Å². The highest BCUT2D eigenvalue weighted by Crippen LogP contribution is 2.24. The molecule has 0 aliphatic carbocycles. The van der Waals surface area contributed by atoms with Gasteiger partial charge in [0.25, 0.3) is 0 Å². The standard InChI is InChI=1S/C13H23N3O2S/c1-9-6-11(16-14)7-10(2)12(9)19(17,18)15-8-13(3,4)5/h6-7,15-16H,8,14H2,1-5H3. The summed E-state index contributed by atoms with van der Waals surface area (Å²) in [6, 6.07) is 3.44. The first-order valence-electron chi connectivity index (χ1n) is 6.14. The molecular formula is C13H23N3O2S. The second-order valence-corrected chi connectivity index (χ2v) is 7.67. The number of aryl methyl sites for hydroxylation is 2. The van der Waals surface area contributed by atoms with Crippen LogP contribution in [0.1, 0.15) is 31.9 Å². The summed E-state index contributed by atoms with van der Waals surface area (Å²) in [5, 5.41) is 0. The number of sulfonamides is 1. The van der Waals surface area contributed by atoms with Gasteiger partial charge in [0.1, 0.15) is 0 Å². The molecule has 0 aliphatic rings. The third-order valence-electron chi connectivity index (χ3n) is 2.69. The van der Waals surface area contributed by atoms with E-state index in [1.165, 1.54) is 0 Å². The highest BCUT2D eigenvalue weighted by atomic mass is 32.2. The van der Waals surface area contributed by atoms with E-state index in [2.05, 4.69) is 10.1 Å². The maximum absolute atomic E-state index is 12.4. The van der Waals surface area contributed by atoms with Gasteiger partial charge in [-0.2, -0.15) is 0 Å². The minimum Gasteiger partial charge on any atom is -0.324 e. The predicted octanol–water partition coefficient (Wildman–Crippen LogP) is 1.91. The first-order chi connectivity index (χ1) is 8.57. The monoisotopic (exact) mass is 285 g/mol. The van der Waals surface area contributed by atoms with E-state index < -0.39 is 10.0 Å². The largest absolute Gasteiger partial charge is 0.324 e. The van der Waals surface area contributed by atoms with Crippen LogP contribution in [-0.2, 0) is 10.0 Å². The van der Waals surface area contributed by atoms with Gasteiger partial charge in [0.2, 0.25) is 10.0 Å². The van der Waals surface area contributed by atoms with E-state index in [4.69, 9.17) is 5.84 Å². The number of hydrogen-bond acceptors (Lipinski definition) is 4. The molecule has 0 fully saturated rings. The number of nitrogens with one attached hydrogen (secondary N) is 2. The molecule has 0 saturated heterocycles. The first-order valence-corrected chi connectivity index (χ1v) is 7.63. The van der Waals surface area contributed by atoms with Crippen LogP contribution in [0.2, 0.25) is 0 Å². The van der Waals surface area contributed by atoms with Gasteiger partial charge in [-0.15, -0.1) is 0 Å². The molecule has 108 valence electrons. The van der Waals surface area contributed by atoms with Crippen molar-refractivity contribution in [3.8, 4) is 0 Å². The molecule has 0 atom stereocenters. The fraction of sp³-hybridized carbons (Fsp3) is 0.538. The Labute approximate surface area is 115 Å². The Morgan fingerprint density at radius 1 is 1.16 bits per heavy atom. The van der Waals surface area contributed by atoms with E-state index in [0.717, 1.165) is 0 Å². The van der Waals surface area contributed by atoms with Crippen molar-refractivity contribution in [1.82, 2.24) is 4.72 Å². The predicted molar refractivity (Wildman–Crippen MR) is 78.4 cm³/mol. The van der Waals surface area contributed by atoms with Crippen molar-refractivity contribution in [3.63, 3.8) is 0 Å². The normalized spacial score (nSPS) is 12.5. The second kappa shape index (κ2) is 5.48. The lowest BCUT2D eigenvalue weighted by Gasteiger charge is -2.20. The molecule has 0 heterocycles. The minimum absolute atomic E-state index is 0.104. The Hall–Kier alpha value is -1.11. The van der Waals surface area contributed by atoms with Gasteiger partial charge in [0.05, 0.1) is 4.90 Å². The second-order valence-electron chi connectivity index (χ2n) is 5.97. The summed E-state index contributed by atoms with van der Waals surface area (Å²) in [7, 11) is -3.50. The van der Waals surface area contributed by atoms with E-state index in [1.807, 2.05) is 20.8 Å². The van der Waals surface area contributed by atoms with Crippen LogP contribution in [0, 0.1) is 19.3 Å². The SMILES string of the molecule is Cc1cc(NN)cc(C)c1S(=O)(=O)NCC(C)(C)C. The van der Waals surface area contributed by atoms with Gasteiger partial charge in [-0.05, 0) is 42.5 Å². The van der Waals surface area contributed by atoms with E-state index >= 15 is 0 Å². The van der Waals surface area contributed by atoms with Crippen molar-refractivity contribution in [2.75, 3.05) is 12.0 Å². The molecule has 5 nitrogen and oxygen atoms in total. The summed E-state index contributed by atoms with van der Waals surface area (Å²) >= 11 is 0. The van der Waals surface area contributed by atoms with Crippen molar-refractivity contribution < 1.29 is 8.42 Å². The Bertz CT molecular complexity index is 537. The maximum atomic E-state index is 12.4. The van der Waals surface area contributed by atoms with Crippen molar-refractivity contribution in [2.45, 2.75) is 39.5 Å². The van der Waals surface area contributed by atoms with Crippen LogP contribution in [-0.4, -0.2) is 15.0 Å².